The summed E-state index contributed by atoms with van der Waals surface area (Å²) in [6.07, 6.45) is 11.5. The van der Waals surface area contributed by atoms with E-state index in [4.69, 9.17) is 50.2 Å². The van der Waals surface area contributed by atoms with Crippen LogP contribution in [0.2, 0.25) is 0 Å². The Labute approximate surface area is 633 Å². The van der Waals surface area contributed by atoms with E-state index in [1.807, 2.05) is 90.0 Å². The molecule has 10 atom stereocenters. The molecule has 1 aromatic carbocycles. The van der Waals surface area contributed by atoms with Crippen molar-refractivity contribution in [2.24, 2.45) is 41.4 Å². The number of carbonyl (C=O) groups excluding carboxylic acids is 9. The van der Waals surface area contributed by atoms with Gasteiger partial charge in [-0.1, -0.05) is 36.4 Å². The summed E-state index contributed by atoms with van der Waals surface area (Å²) in [6, 6.07) is 6.37. The maximum Gasteiger partial charge on any atom is 1.00 e. The van der Waals surface area contributed by atoms with E-state index in [1.54, 1.807) is 39.8 Å². The van der Waals surface area contributed by atoms with Crippen molar-refractivity contribution in [2.45, 2.75) is 297 Å². The number of hydrogen-bond acceptors (Lipinski definition) is 22. The average Bonchev–Trinajstić information content (AvgIpc) is 1.65. The largest absolute Gasteiger partial charge is 1.00 e. The fourth-order valence-electron chi connectivity index (χ4n) is 10.2. The number of esters is 5. The van der Waals surface area contributed by atoms with E-state index in [1.165, 1.54) is 37.2 Å². The average molecular weight is 1500 g/mol. The molecule has 2 N–H and O–H groups in total. The molecule has 1 aromatic rings. The summed E-state index contributed by atoms with van der Waals surface area (Å²) < 4.78 is 69.9. The minimum atomic E-state index is -3.55. The number of ketones is 2. The van der Waals surface area contributed by atoms with E-state index in [0.29, 0.717) is 62.5 Å². The SMILES string of the molecule is CC(=O)SC1CCC(C(=O)OC(C)(C)C)C1.CC(=O)[S-].CC(C)(C)OC(=O)C1CCC(=O)C1.CC(C)(C)OC(=O)C1CCC(O)C1.CC(C)(C)OC(=O)C1CCC(S(=O)(=O)Cl)C1.CC1CCC(C(=O)OC(C)(C)C)C1.Cc1ccc(S(=O)(=O)Cl)cc1.O=C1CCC(C(=O)O)C1.[K+]. The standard InChI is InChI=1S/C12H20O3S.C11H20O2.C10H17ClO4S.C10H18O3.C10H16O3.C7H7ClO2S.C6H8O3.C2H4OS.K/c1-8(13)16-10-6-5-9(7-10)11(14)15-12(2,3)4;1-8-5-6-9(7-8)10(12)13-11(2,3)4;1-10(2,3)15-9(12)7-4-5-8(6-7)16(11,13)14;2*1-10(2,3)13-9(12)7-4-5-8(11)6-7;1-6-2-4-7(5-3-6)11(8,9)10;7-5-2-1-4(3-5)6(8)9;1-2(3)4;/h9-10H,5-7H2,1-4H3;8-9H,5-7H2,1-4H3;7-8H,4-6H2,1-3H3;7-8,11H,4-6H2,1-3H3;7H,4-6H2,1-3H3;2-5H,1H3;4H,1-3H2,(H,8,9);1H3,(H,3,4);/q;;;;;;;;+1/p-1. The van der Waals surface area contributed by atoms with Crippen LogP contribution >= 0.6 is 33.1 Å². The Kier molecular flexibility index (Phi) is 43.1. The van der Waals surface area contributed by atoms with E-state index >= 15 is 0 Å². The normalized spacial score (nSPS) is 23.8. The number of aliphatic carboxylic acids is 1. The first-order valence-corrected chi connectivity index (χ1v) is 38.3. The quantitative estimate of drug-likeness (QED) is 0.0763. The van der Waals surface area contributed by atoms with Crippen molar-refractivity contribution >= 4 is 121 Å². The maximum atomic E-state index is 11.8. The Hall–Kier alpha value is -2.63. The van der Waals surface area contributed by atoms with Crippen LogP contribution in [-0.2, 0) is 102 Å². The van der Waals surface area contributed by atoms with Crippen LogP contribution in [0.4, 0.5) is 0 Å². The summed E-state index contributed by atoms with van der Waals surface area (Å²) >= 11 is 5.34. The van der Waals surface area contributed by atoms with E-state index in [9.17, 15) is 69.9 Å². The molecule has 6 aliphatic carbocycles. The number of hydrogen-bond donors (Lipinski definition) is 2. The number of halogens is 2. The molecule has 0 saturated heterocycles. The van der Waals surface area contributed by atoms with Gasteiger partial charge in [-0.15, -0.1) is 0 Å². The van der Waals surface area contributed by atoms with Crippen LogP contribution in [0, 0.1) is 48.3 Å². The van der Waals surface area contributed by atoms with Gasteiger partial charge in [0.2, 0.25) is 9.05 Å². The van der Waals surface area contributed by atoms with Gasteiger partial charge in [0.25, 0.3) is 9.05 Å². The number of carbonyl (C=O) groups is 10. The van der Waals surface area contributed by atoms with Crippen molar-refractivity contribution in [3.63, 3.8) is 0 Å². The Bertz CT molecular complexity index is 2880. The van der Waals surface area contributed by atoms with Crippen molar-refractivity contribution < 1.29 is 150 Å². The number of aryl methyl sites for hydroxylation is 1. The molecule has 0 radical (unpaired) electrons. The molecular formula is C68H109Cl2KO21S4. The summed E-state index contributed by atoms with van der Waals surface area (Å²) in [5.74, 6) is -1.56. The van der Waals surface area contributed by atoms with Gasteiger partial charge in [0, 0.05) is 64.3 Å². The van der Waals surface area contributed by atoms with E-state index in [-0.39, 0.29) is 162 Å². The zero-order valence-corrected chi connectivity index (χ0v) is 68.3. The molecule has 7 rings (SSSR count). The molecule has 546 valence electrons. The molecule has 0 bridgehead atoms. The molecule has 6 fully saturated rings. The van der Waals surface area contributed by atoms with Crippen LogP contribution in [-0.4, -0.2) is 129 Å². The van der Waals surface area contributed by atoms with Gasteiger partial charge in [0.05, 0.1) is 51.8 Å². The Morgan fingerprint density at radius 1 is 0.500 bits per heavy atom. The summed E-state index contributed by atoms with van der Waals surface area (Å²) in [4.78, 5) is 110. The molecule has 96 heavy (non-hydrogen) atoms. The second kappa shape index (κ2) is 43.4. The number of aliphatic hydroxyl groups excluding tert-OH is 1. The van der Waals surface area contributed by atoms with Gasteiger partial charge in [-0.25, -0.2) is 16.8 Å². The maximum absolute atomic E-state index is 11.8. The number of carboxylic acid groups (broad SMARTS) is 1. The van der Waals surface area contributed by atoms with Crippen molar-refractivity contribution in [2.75, 3.05) is 0 Å². The van der Waals surface area contributed by atoms with E-state index in [0.717, 1.165) is 50.5 Å². The molecule has 28 heteroatoms. The third kappa shape index (κ3) is 46.7. The minimum Gasteiger partial charge on any atom is -0.742 e. The summed E-state index contributed by atoms with van der Waals surface area (Å²) in [5, 5.41) is 17.2. The second-order valence-electron chi connectivity index (χ2n) is 29.8. The molecule has 6 aliphatic rings. The number of Topliss-reactive ketones (excluding diaryl/α,β-unsaturated/α-hetero) is 2. The van der Waals surface area contributed by atoms with E-state index < -0.39 is 57.6 Å². The van der Waals surface area contributed by atoms with E-state index in [2.05, 4.69) is 19.6 Å². The molecule has 0 spiro atoms. The molecular weight excluding hydrogens is 1390 g/mol. The topological polar surface area (TPSA) is 326 Å². The number of carboxylic acids is 1. The predicted octanol–water partition coefficient (Wildman–Crippen LogP) is 10.2. The first-order chi connectivity index (χ1) is 42.9. The molecule has 21 nitrogen and oxygen atoms in total. The zero-order valence-electron chi connectivity index (χ0n) is 60.4. The molecule has 0 aromatic heterocycles. The van der Waals surface area contributed by atoms with Crippen molar-refractivity contribution in [3.05, 3.63) is 29.8 Å². The number of ether oxygens (including phenoxy) is 5. The van der Waals surface area contributed by atoms with Gasteiger partial charge in [-0.05, 0) is 226 Å². The second-order valence-corrected chi connectivity index (χ2v) is 37.4. The third-order valence-corrected chi connectivity index (χ3v) is 18.9. The summed E-state index contributed by atoms with van der Waals surface area (Å²) in [5.41, 5.74) is -1.12. The molecule has 6 saturated carbocycles. The van der Waals surface area contributed by atoms with Gasteiger partial charge >= 0.3 is 87.2 Å². The number of aliphatic hydroxyl groups is 1. The van der Waals surface area contributed by atoms with Crippen LogP contribution in [0.5, 0.6) is 0 Å². The van der Waals surface area contributed by atoms with Crippen molar-refractivity contribution in [1.82, 2.24) is 0 Å². The Balaban J connectivity index is 0. The van der Waals surface area contributed by atoms with Crippen LogP contribution < -0.4 is 51.4 Å². The third-order valence-electron chi connectivity index (χ3n) is 14.4. The first kappa shape index (κ1) is 95.4. The Morgan fingerprint density at radius 3 is 1.11 bits per heavy atom. The van der Waals surface area contributed by atoms with Crippen molar-refractivity contribution in [3.8, 4) is 0 Å². The fourth-order valence-corrected chi connectivity index (χ4v) is 13.4. The molecule has 0 heterocycles. The monoisotopic (exact) mass is 1500 g/mol. The van der Waals surface area contributed by atoms with Crippen LogP contribution in [0.3, 0.4) is 0 Å². The zero-order chi connectivity index (χ0) is 74.0. The predicted molar refractivity (Wildman–Crippen MR) is 369 cm³/mol. The smallest absolute Gasteiger partial charge is 0.742 e. The van der Waals surface area contributed by atoms with Gasteiger partial charge < -0.3 is 51.3 Å². The van der Waals surface area contributed by atoms with Gasteiger partial charge in [0.1, 0.15) is 39.6 Å². The Morgan fingerprint density at radius 2 is 0.833 bits per heavy atom. The molecule has 0 amide bonds. The number of rotatable bonds is 9. The van der Waals surface area contributed by atoms with Crippen LogP contribution in [0.15, 0.2) is 29.2 Å². The van der Waals surface area contributed by atoms with Gasteiger partial charge in [0.15, 0.2) is 5.12 Å². The van der Waals surface area contributed by atoms with Crippen LogP contribution in [0.1, 0.15) is 246 Å². The van der Waals surface area contributed by atoms with Crippen LogP contribution in [0.25, 0.3) is 0 Å². The van der Waals surface area contributed by atoms with Crippen molar-refractivity contribution in [1.29, 1.82) is 0 Å². The minimum absolute atomic E-state index is 0. The van der Waals surface area contributed by atoms with Gasteiger partial charge in [-0.2, -0.15) is 0 Å². The molecule has 0 aliphatic heterocycles. The summed E-state index contributed by atoms with van der Waals surface area (Å²) in [7, 11) is 3.25. The molecule has 10 unspecified atom stereocenters. The first-order valence-electron chi connectivity index (χ1n) is 32.3. The van der Waals surface area contributed by atoms with Gasteiger partial charge in [-0.3, -0.25) is 43.2 Å². The fraction of sp³-hybridized carbons (Fsp3) is 0.765. The summed E-state index contributed by atoms with van der Waals surface area (Å²) in [6.45, 7) is 34.8. The number of thioether (sulfide) groups is 1. The number of benzene rings is 1.